The first-order chi connectivity index (χ1) is 7.22. The number of aryl methyl sites for hydroxylation is 1. The van der Waals surface area contributed by atoms with Crippen molar-refractivity contribution in [1.82, 2.24) is 9.55 Å². The van der Waals surface area contributed by atoms with Gasteiger partial charge in [-0.25, -0.2) is 4.98 Å². The highest BCUT2D eigenvalue weighted by Crippen LogP contribution is 2.17. The molecule has 0 radical (unpaired) electrons. The van der Waals surface area contributed by atoms with Gasteiger partial charge in [-0.2, -0.15) is 12.6 Å². The summed E-state index contributed by atoms with van der Waals surface area (Å²) in [5.41, 5.74) is 2.31. The third-order valence-corrected chi connectivity index (χ3v) is 3.27. The highest BCUT2D eigenvalue weighted by atomic mass is 32.1. The van der Waals surface area contributed by atoms with Gasteiger partial charge in [0.15, 0.2) is 0 Å². The Morgan fingerprint density at radius 1 is 1.40 bits per heavy atom. The molecule has 3 heteroatoms. The Bertz CT molecular complexity index is 462. The lowest BCUT2D eigenvalue weighted by atomic mass is 10.2. The Morgan fingerprint density at radius 2 is 2.13 bits per heavy atom. The van der Waals surface area contributed by atoms with E-state index in [9.17, 15) is 0 Å². The molecule has 0 spiro atoms. The average molecular weight is 220 g/mol. The molecule has 1 unspecified atom stereocenters. The molecular weight excluding hydrogens is 204 g/mol. The van der Waals surface area contributed by atoms with Crippen LogP contribution in [0, 0.1) is 12.8 Å². The van der Waals surface area contributed by atoms with E-state index in [2.05, 4.69) is 54.2 Å². The maximum absolute atomic E-state index is 4.54. The second-order valence-electron chi connectivity index (χ2n) is 4.05. The molecule has 2 aromatic rings. The van der Waals surface area contributed by atoms with E-state index >= 15 is 0 Å². The average Bonchev–Trinajstić information content (AvgIpc) is 2.55. The SMILES string of the molecule is Cc1nc2ccccc2n1CC(C)CS. The largest absolute Gasteiger partial charge is 0.328 e. The molecule has 0 aliphatic carbocycles. The number of para-hydroxylation sites is 2. The monoisotopic (exact) mass is 220 g/mol. The summed E-state index contributed by atoms with van der Waals surface area (Å²) in [6, 6.07) is 8.28. The van der Waals surface area contributed by atoms with E-state index in [1.54, 1.807) is 0 Å². The number of nitrogens with zero attached hydrogens (tertiary/aromatic N) is 2. The lowest BCUT2D eigenvalue weighted by Gasteiger charge is -2.11. The van der Waals surface area contributed by atoms with Gasteiger partial charge in [-0.1, -0.05) is 19.1 Å². The summed E-state index contributed by atoms with van der Waals surface area (Å²) in [6.07, 6.45) is 0. The molecular formula is C12H16N2S. The van der Waals surface area contributed by atoms with Crippen LogP contribution in [0.1, 0.15) is 12.7 Å². The predicted octanol–water partition coefficient (Wildman–Crippen LogP) is 2.91. The van der Waals surface area contributed by atoms with Crippen LogP contribution in [0.25, 0.3) is 11.0 Å². The summed E-state index contributed by atoms with van der Waals surface area (Å²) in [5.74, 6) is 2.57. The molecule has 15 heavy (non-hydrogen) atoms. The van der Waals surface area contributed by atoms with Gasteiger partial charge in [-0.15, -0.1) is 0 Å². The summed E-state index contributed by atoms with van der Waals surface area (Å²) in [6.45, 7) is 5.27. The fraction of sp³-hybridized carbons (Fsp3) is 0.417. The van der Waals surface area contributed by atoms with Crippen LogP contribution < -0.4 is 0 Å². The Balaban J connectivity index is 2.45. The van der Waals surface area contributed by atoms with E-state index in [4.69, 9.17) is 0 Å². The summed E-state index contributed by atoms with van der Waals surface area (Å²) in [4.78, 5) is 4.54. The minimum Gasteiger partial charge on any atom is -0.328 e. The van der Waals surface area contributed by atoms with Gasteiger partial charge in [0.2, 0.25) is 0 Å². The Hall–Kier alpha value is -0.960. The van der Waals surface area contributed by atoms with Crippen LogP contribution in [0.15, 0.2) is 24.3 Å². The van der Waals surface area contributed by atoms with Crippen molar-refractivity contribution in [2.45, 2.75) is 20.4 Å². The van der Waals surface area contributed by atoms with Crippen LogP contribution in [0.3, 0.4) is 0 Å². The highest BCUT2D eigenvalue weighted by Gasteiger charge is 2.08. The van der Waals surface area contributed by atoms with Crippen LogP contribution in [0.4, 0.5) is 0 Å². The van der Waals surface area contributed by atoms with E-state index in [-0.39, 0.29) is 0 Å². The molecule has 0 saturated carbocycles. The Kier molecular flexibility index (Phi) is 3.00. The minimum absolute atomic E-state index is 0.574. The van der Waals surface area contributed by atoms with Gasteiger partial charge in [0, 0.05) is 6.54 Å². The van der Waals surface area contributed by atoms with Gasteiger partial charge in [0.1, 0.15) is 5.82 Å². The van der Waals surface area contributed by atoms with E-state index in [0.717, 1.165) is 23.6 Å². The number of hydrogen-bond acceptors (Lipinski definition) is 2. The maximum atomic E-state index is 4.54. The molecule has 1 aromatic heterocycles. The summed E-state index contributed by atoms with van der Waals surface area (Å²) in [5, 5.41) is 0. The predicted molar refractivity (Wildman–Crippen MR) is 67.5 cm³/mol. The molecule has 2 nitrogen and oxygen atoms in total. The van der Waals surface area contributed by atoms with Gasteiger partial charge in [-0.05, 0) is 30.7 Å². The molecule has 0 aliphatic rings. The molecule has 0 saturated heterocycles. The van der Waals surface area contributed by atoms with Gasteiger partial charge in [0.25, 0.3) is 0 Å². The smallest absolute Gasteiger partial charge is 0.106 e. The number of benzene rings is 1. The molecule has 0 aliphatic heterocycles. The molecule has 0 bridgehead atoms. The second-order valence-corrected chi connectivity index (χ2v) is 4.41. The Labute approximate surface area is 95.7 Å². The first-order valence-corrected chi connectivity index (χ1v) is 5.88. The molecule has 1 heterocycles. The first kappa shape index (κ1) is 10.6. The molecule has 1 aromatic carbocycles. The second kappa shape index (κ2) is 4.27. The van der Waals surface area contributed by atoms with E-state index in [1.807, 2.05) is 6.07 Å². The van der Waals surface area contributed by atoms with Crippen LogP contribution in [-0.2, 0) is 6.54 Å². The van der Waals surface area contributed by atoms with Crippen molar-refractivity contribution in [3.63, 3.8) is 0 Å². The van der Waals surface area contributed by atoms with Gasteiger partial charge >= 0.3 is 0 Å². The lowest BCUT2D eigenvalue weighted by Crippen LogP contribution is -2.10. The van der Waals surface area contributed by atoms with Crippen molar-refractivity contribution in [2.75, 3.05) is 5.75 Å². The zero-order valence-electron chi connectivity index (χ0n) is 9.14. The van der Waals surface area contributed by atoms with Crippen LogP contribution in [-0.4, -0.2) is 15.3 Å². The lowest BCUT2D eigenvalue weighted by molar-refractivity contribution is 0.532. The third-order valence-electron chi connectivity index (χ3n) is 2.65. The van der Waals surface area contributed by atoms with Gasteiger partial charge in [-0.3, -0.25) is 0 Å². The van der Waals surface area contributed by atoms with Crippen molar-refractivity contribution >= 4 is 23.7 Å². The molecule has 0 amide bonds. The van der Waals surface area contributed by atoms with Crippen molar-refractivity contribution in [3.05, 3.63) is 30.1 Å². The fourth-order valence-corrected chi connectivity index (χ4v) is 1.91. The molecule has 80 valence electrons. The zero-order valence-corrected chi connectivity index (χ0v) is 10.0. The summed E-state index contributed by atoms with van der Waals surface area (Å²) >= 11 is 4.32. The minimum atomic E-state index is 0.574. The number of aromatic nitrogens is 2. The van der Waals surface area contributed by atoms with Crippen LogP contribution in [0.5, 0.6) is 0 Å². The number of hydrogen-bond donors (Lipinski definition) is 1. The molecule has 0 fully saturated rings. The van der Waals surface area contributed by atoms with Gasteiger partial charge in [0.05, 0.1) is 11.0 Å². The van der Waals surface area contributed by atoms with Gasteiger partial charge < -0.3 is 4.57 Å². The van der Waals surface area contributed by atoms with E-state index < -0.39 is 0 Å². The van der Waals surface area contributed by atoms with Crippen molar-refractivity contribution < 1.29 is 0 Å². The fourth-order valence-electron chi connectivity index (χ4n) is 1.80. The normalized spacial score (nSPS) is 13.3. The van der Waals surface area contributed by atoms with Crippen LogP contribution >= 0.6 is 12.6 Å². The Morgan fingerprint density at radius 3 is 2.87 bits per heavy atom. The number of imidazole rings is 1. The van der Waals surface area contributed by atoms with E-state index in [1.165, 1.54) is 5.52 Å². The quantitative estimate of drug-likeness (QED) is 0.787. The molecule has 2 rings (SSSR count). The summed E-state index contributed by atoms with van der Waals surface area (Å²) < 4.78 is 2.27. The van der Waals surface area contributed by atoms with Crippen LogP contribution in [0.2, 0.25) is 0 Å². The number of fused-ring (bicyclic) bond motifs is 1. The van der Waals surface area contributed by atoms with E-state index in [0.29, 0.717) is 5.92 Å². The van der Waals surface area contributed by atoms with Crippen molar-refractivity contribution in [3.8, 4) is 0 Å². The molecule has 0 N–H and O–H groups in total. The highest BCUT2D eigenvalue weighted by molar-refractivity contribution is 7.80. The first-order valence-electron chi connectivity index (χ1n) is 5.25. The third kappa shape index (κ3) is 2.02. The topological polar surface area (TPSA) is 17.8 Å². The molecule has 1 atom stereocenters. The number of thiol groups is 1. The van der Waals surface area contributed by atoms with Crippen molar-refractivity contribution in [1.29, 1.82) is 0 Å². The van der Waals surface area contributed by atoms with Crippen molar-refractivity contribution in [2.24, 2.45) is 5.92 Å². The maximum Gasteiger partial charge on any atom is 0.106 e. The summed E-state index contributed by atoms with van der Waals surface area (Å²) in [7, 11) is 0. The zero-order chi connectivity index (χ0) is 10.8. The number of rotatable bonds is 3. The standard InChI is InChI=1S/C12H16N2S/c1-9(8-15)7-14-10(2)13-11-5-3-4-6-12(11)14/h3-6,9,15H,7-8H2,1-2H3.